The molecule has 2 unspecified atom stereocenters. The molecule has 0 amide bonds. The van der Waals surface area contributed by atoms with Crippen LogP contribution in [-0.4, -0.2) is 49.1 Å². The van der Waals surface area contributed by atoms with Crippen molar-refractivity contribution in [3.8, 4) is 0 Å². The molecule has 106 valence electrons. The summed E-state index contributed by atoms with van der Waals surface area (Å²) in [5.74, 6) is 0.509. The fourth-order valence-corrected chi connectivity index (χ4v) is 2.86. The zero-order valence-corrected chi connectivity index (χ0v) is 11.3. The lowest BCUT2D eigenvalue weighted by Crippen LogP contribution is -2.50. The van der Waals surface area contributed by atoms with E-state index in [0.29, 0.717) is 18.5 Å². The van der Waals surface area contributed by atoms with Crippen LogP contribution in [-0.2, 0) is 0 Å². The number of nitrogens with zero attached hydrogens (tertiary/aromatic N) is 1. The topological polar surface area (TPSA) is 55.7 Å². The number of piperidine rings is 1. The molecular formula is C15H24N2O2. The van der Waals surface area contributed by atoms with Gasteiger partial charge in [0, 0.05) is 38.0 Å². The highest BCUT2D eigenvalue weighted by Crippen LogP contribution is 2.24. The normalized spacial score (nSPS) is 23.6. The molecule has 0 saturated carbocycles. The Kier molecular flexibility index (Phi) is 5.63. The van der Waals surface area contributed by atoms with Gasteiger partial charge in [0.1, 0.15) is 0 Å². The summed E-state index contributed by atoms with van der Waals surface area (Å²) in [4.78, 5) is 2.37. The highest BCUT2D eigenvalue weighted by molar-refractivity contribution is 5.46. The molecule has 4 nitrogen and oxygen atoms in total. The zero-order chi connectivity index (χ0) is 13.5. The summed E-state index contributed by atoms with van der Waals surface area (Å²) < 4.78 is 0. The monoisotopic (exact) mass is 264 g/mol. The van der Waals surface area contributed by atoms with E-state index in [2.05, 4.69) is 34.5 Å². The van der Waals surface area contributed by atoms with Crippen molar-refractivity contribution in [2.24, 2.45) is 5.92 Å². The van der Waals surface area contributed by atoms with Crippen LogP contribution in [0.15, 0.2) is 30.3 Å². The minimum atomic E-state index is 0.173. The molecular weight excluding hydrogens is 240 g/mol. The van der Waals surface area contributed by atoms with Crippen LogP contribution >= 0.6 is 0 Å². The molecule has 2 rings (SSSR count). The third-order valence-corrected chi connectivity index (χ3v) is 3.74. The molecule has 1 aliphatic heterocycles. The second-order valence-corrected chi connectivity index (χ2v) is 5.23. The van der Waals surface area contributed by atoms with Gasteiger partial charge in [0.25, 0.3) is 0 Å². The van der Waals surface area contributed by atoms with Crippen LogP contribution in [0.2, 0.25) is 0 Å². The van der Waals surface area contributed by atoms with E-state index < -0.39 is 0 Å². The number of aliphatic hydroxyl groups is 2. The summed E-state index contributed by atoms with van der Waals surface area (Å²) in [6, 6.07) is 10.8. The molecule has 4 heteroatoms. The minimum Gasteiger partial charge on any atom is -0.396 e. The summed E-state index contributed by atoms with van der Waals surface area (Å²) in [6.45, 7) is 3.03. The lowest BCUT2D eigenvalue weighted by atomic mass is 9.91. The number of hydrogen-bond donors (Lipinski definition) is 3. The van der Waals surface area contributed by atoms with Gasteiger partial charge in [-0.25, -0.2) is 0 Å². The average molecular weight is 264 g/mol. The van der Waals surface area contributed by atoms with Gasteiger partial charge in [-0.3, -0.25) is 0 Å². The number of hydrogen-bond acceptors (Lipinski definition) is 4. The van der Waals surface area contributed by atoms with Crippen LogP contribution in [0.25, 0.3) is 0 Å². The number of aliphatic hydroxyl groups excluding tert-OH is 2. The van der Waals surface area contributed by atoms with Crippen LogP contribution in [0.1, 0.15) is 12.8 Å². The summed E-state index contributed by atoms with van der Waals surface area (Å²) in [6.07, 6.45) is 1.92. The molecule has 2 atom stereocenters. The Balaban J connectivity index is 2.01. The lowest BCUT2D eigenvalue weighted by molar-refractivity contribution is 0.223. The van der Waals surface area contributed by atoms with Gasteiger partial charge >= 0.3 is 0 Å². The summed E-state index contributed by atoms with van der Waals surface area (Å²) in [5, 5.41) is 21.5. The second-order valence-electron chi connectivity index (χ2n) is 5.23. The van der Waals surface area contributed by atoms with E-state index >= 15 is 0 Å². The van der Waals surface area contributed by atoms with E-state index in [1.165, 1.54) is 5.69 Å². The number of anilines is 1. The highest BCUT2D eigenvalue weighted by atomic mass is 16.3. The van der Waals surface area contributed by atoms with E-state index in [1.54, 1.807) is 0 Å². The van der Waals surface area contributed by atoms with Gasteiger partial charge in [-0.05, 0) is 30.9 Å². The Morgan fingerprint density at radius 1 is 1.11 bits per heavy atom. The predicted molar refractivity (Wildman–Crippen MR) is 77.3 cm³/mol. The van der Waals surface area contributed by atoms with Crippen molar-refractivity contribution in [2.75, 3.05) is 37.7 Å². The Morgan fingerprint density at radius 2 is 1.89 bits per heavy atom. The molecule has 0 bridgehead atoms. The van der Waals surface area contributed by atoms with Crippen LogP contribution < -0.4 is 10.2 Å². The van der Waals surface area contributed by atoms with Crippen LogP contribution in [0.3, 0.4) is 0 Å². The fraction of sp³-hybridized carbons (Fsp3) is 0.600. The summed E-state index contributed by atoms with van der Waals surface area (Å²) in [7, 11) is 0. The van der Waals surface area contributed by atoms with Crippen molar-refractivity contribution in [2.45, 2.75) is 18.9 Å². The van der Waals surface area contributed by atoms with Crippen LogP contribution in [0.5, 0.6) is 0 Å². The first-order valence-corrected chi connectivity index (χ1v) is 7.08. The van der Waals surface area contributed by atoms with Gasteiger partial charge in [0.2, 0.25) is 0 Å². The van der Waals surface area contributed by atoms with Crippen molar-refractivity contribution >= 4 is 5.69 Å². The molecule has 0 aromatic heterocycles. The van der Waals surface area contributed by atoms with Gasteiger partial charge < -0.3 is 20.4 Å². The molecule has 1 aromatic rings. The molecule has 1 saturated heterocycles. The first kappa shape index (κ1) is 14.3. The third kappa shape index (κ3) is 4.20. The number of para-hydroxylation sites is 1. The maximum absolute atomic E-state index is 9.16. The fourth-order valence-electron chi connectivity index (χ4n) is 2.86. The molecule has 3 N–H and O–H groups in total. The SMILES string of the molecule is OCCNC1CC(CCO)CN(c2ccccc2)C1. The minimum absolute atomic E-state index is 0.173. The molecule has 0 radical (unpaired) electrons. The Labute approximate surface area is 115 Å². The van der Waals surface area contributed by atoms with E-state index in [4.69, 9.17) is 10.2 Å². The largest absolute Gasteiger partial charge is 0.396 e. The quantitative estimate of drug-likeness (QED) is 0.713. The average Bonchev–Trinajstić information content (AvgIpc) is 2.46. The van der Waals surface area contributed by atoms with E-state index in [-0.39, 0.29) is 13.2 Å². The lowest BCUT2D eigenvalue weighted by Gasteiger charge is -2.39. The second kappa shape index (κ2) is 7.48. The molecule has 19 heavy (non-hydrogen) atoms. The van der Waals surface area contributed by atoms with Gasteiger partial charge in [0.15, 0.2) is 0 Å². The molecule has 1 heterocycles. The van der Waals surface area contributed by atoms with Crippen molar-refractivity contribution in [3.05, 3.63) is 30.3 Å². The molecule has 1 aromatic carbocycles. The number of nitrogens with one attached hydrogen (secondary N) is 1. The molecule has 0 aliphatic carbocycles. The molecule has 0 spiro atoms. The Morgan fingerprint density at radius 3 is 2.58 bits per heavy atom. The van der Waals surface area contributed by atoms with Gasteiger partial charge in [-0.2, -0.15) is 0 Å². The van der Waals surface area contributed by atoms with Gasteiger partial charge in [-0.15, -0.1) is 0 Å². The summed E-state index contributed by atoms with van der Waals surface area (Å²) >= 11 is 0. The first-order chi connectivity index (χ1) is 9.33. The van der Waals surface area contributed by atoms with Crippen molar-refractivity contribution in [3.63, 3.8) is 0 Å². The smallest absolute Gasteiger partial charge is 0.0556 e. The van der Waals surface area contributed by atoms with Crippen molar-refractivity contribution in [1.29, 1.82) is 0 Å². The van der Waals surface area contributed by atoms with E-state index in [9.17, 15) is 0 Å². The Hall–Kier alpha value is -1.10. The van der Waals surface area contributed by atoms with E-state index in [1.807, 2.05) is 6.07 Å². The zero-order valence-electron chi connectivity index (χ0n) is 11.3. The Bertz CT molecular complexity index is 358. The maximum Gasteiger partial charge on any atom is 0.0556 e. The van der Waals surface area contributed by atoms with Crippen molar-refractivity contribution in [1.82, 2.24) is 5.32 Å². The third-order valence-electron chi connectivity index (χ3n) is 3.74. The molecule has 1 aliphatic rings. The standard InChI is InChI=1S/C15H24N2O2/c18-8-6-13-10-14(16-7-9-19)12-17(11-13)15-4-2-1-3-5-15/h1-5,13-14,16,18-19H,6-12H2. The maximum atomic E-state index is 9.16. The number of rotatable bonds is 6. The van der Waals surface area contributed by atoms with Gasteiger partial charge in [0.05, 0.1) is 6.61 Å². The van der Waals surface area contributed by atoms with Crippen LogP contribution in [0, 0.1) is 5.92 Å². The van der Waals surface area contributed by atoms with E-state index in [0.717, 1.165) is 25.9 Å². The number of benzene rings is 1. The van der Waals surface area contributed by atoms with Crippen molar-refractivity contribution < 1.29 is 10.2 Å². The summed E-state index contributed by atoms with van der Waals surface area (Å²) in [5.41, 5.74) is 1.24. The first-order valence-electron chi connectivity index (χ1n) is 7.08. The highest BCUT2D eigenvalue weighted by Gasteiger charge is 2.26. The van der Waals surface area contributed by atoms with Crippen LogP contribution in [0.4, 0.5) is 5.69 Å². The molecule has 1 fully saturated rings. The predicted octanol–water partition coefficient (Wildman–Crippen LogP) is 0.846. The van der Waals surface area contributed by atoms with Gasteiger partial charge in [-0.1, -0.05) is 18.2 Å².